The van der Waals surface area contributed by atoms with E-state index in [0.717, 1.165) is 55.5 Å². The maximum Gasteiger partial charge on any atom is 0.416 e. The Balaban J connectivity index is 0.00000103. The summed E-state index contributed by atoms with van der Waals surface area (Å²) < 4.78 is 39.0. The predicted molar refractivity (Wildman–Crippen MR) is 127 cm³/mol. The summed E-state index contributed by atoms with van der Waals surface area (Å²) in [6.07, 6.45) is 1.90. The molecule has 9 heteroatoms. The molecular formula is C25H34F3N5O. The zero-order valence-electron chi connectivity index (χ0n) is 20.3. The number of aryl methyl sites for hydroxylation is 1. The fourth-order valence-corrected chi connectivity index (χ4v) is 4.42. The van der Waals surface area contributed by atoms with Gasteiger partial charge in [0.1, 0.15) is 5.82 Å². The van der Waals surface area contributed by atoms with E-state index in [9.17, 15) is 18.0 Å². The van der Waals surface area contributed by atoms with Crippen LogP contribution in [0.3, 0.4) is 0 Å². The monoisotopic (exact) mass is 477 g/mol. The molecule has 34 heavy (non-hydrogen) atoms. The van der Waals surface area contributed by atoms with E-state index in [-0.39, 0.29) is 17.9 Å². The van der Waals surface area contributed by atoms with Gasteiger partial charge in [-0.3, -0.25) is 9.89 Å². The van der Waals surface area contributed by atoms with Gasteiger partial charge in [-0.15, -0.1) is 0 Å². The number of benzene rings is 1. The van der Waals surface area contributed by atoms with Crippen LogP contribution in [0.25, 0.3) is 11.0 Å². The van der Waals surface area contributed by atoms with Crippen molar-refractivity contribution in [3.8, 4) is 0 Å². The molecule has 2 heterocycles. The third-order valence-electron chi connectivity index (χ3n) is 6.01. The van der Waals surface area contributed by atoms with Crippen LogP contribution in [0.2, 0.25) is 0 Å². The Labute approximate surface area is 198 Å². The quantitative estimate of drug-likeness (QED) is 0.395. The van der Waals surface area contributed by atoms with Crippen LogP contribution >= 0.6 is 0 Å². The maximum atomic E-state index is 13.0. The number of hydrogen-bond donors (Lipinski definition) is 3. The number of hydrogen-bond acceptors (Lipinski definition) is 3. The topological polar surface area (TPSA) is 86.5 Å². The van der Waals surface area contributed by atoms with Crippen LogP contribution in [0.4, 0.5) is 13.2 Å². The van der Waals surface area contributed by atoms with E-state index < -0.39 is 11.7 Å². The smallest absolute Gasteiger partial charge is 0.348 e. The number of H-pyrrole nitrogens is 2. The molecule has 2 unspecified atom stereocenters. The van der Waals surface area contributed by atoms with Gasteiger partial charge in [-0.25, -0.2) is 4.98 Å². The third-order valence-corrected chi connectivity index (χ3v) is 6.01. The van der Waals surface area contributed by atoms with Crippen molar-refractivity contribution >= 4 is 16.9 Å². The first-order valence-corrected chi connectivity index (χ1v) is 12.1. The first-order valence-electron chi connectivity index (χ1n) is 12.1. The SMILES string of the molecule is CCC.CCCc1c(C(=O)NC2CCCC(c3nc4ccc(C(F)(F)F)cc4[nH]3)C2)n[nH]c1C. The lowest BCUT2D eigenvalue weighted by Crippen LogP contribution is -2.38. The molecule has 1 aromatic carbocycles. The van der Waals surface area contributed by atoms with Crippen molar-refractivity contribution in [3.05, 3.63) is 46.5 Å². The van der Waals surface area contributed by atoms with Gasteiger partial charge in [0.25, 0.3) is 5.91 Å². The number of alkyl halides is 3. The Hall–Kier alpha value is -2.84. The number of fused-ring (bicyclic) bond motifs is 1. The summed E-state index contributed by atoms with van der Waals surface area (Å²) in [5.41, 5.74) is 2.52. The Kier molecular flexibility index (Phi) is 8.38. The number of amides is 1. The molecule has 1 saturated carbocycles. The summed E-state index contributed by atoms with van der Waals surface area (Å²) in [6, 6.07) is 3.52. The van der Waals surface area contributed by atoms with E-state index in [1.807, 2.05) is 6.92 Å². The maximum absolute atomic E-state index is 13.0. The highest BCUT2D eigenvalue weighted by Gasteiger charge is 2.32. The Morgan fingerprint density at radius 3 is 2.62 bits per heavy atom. The van der Waals surface area contributed by atoms with Crippen molar-refractivity contribution in [1.29, 1.82) is 0 Å². The van der Waals surface area contributed by atoms with Gasteiger partial charge in [0.05, 0.1) is 16.6 Å². The first-order chi connectivity index (χ1) is 16.2. The highest BCUT2D eigenvalue weighted by Crippen LogP contribution is 2.35. The molecule has 3 aromatic rings. The number of aromatic amines is 2. The highest BCUT2D eigenvalue weighted by atomic mass is 19.4. The fourth-order valence-electron chi connectivity index (χ4n) is 4.42. The minimum absolute atomic E-state index is 0.0309. The molecule has 1 amide bonds. The zero-order chi connectivity index (χ0) is 24.9. The van der Waals surface area contributed by atoms with E-state index >= 15 is 0 Å². The van der Waals surface area contributed by atoms with Crippen LogP contribution in [-0.2, 0) is 12.6 Å². The van der Waals surface area contributed by atoms with Gasteiger partial charge >= 0.3 is 6.18 Å². The van der Waals surface area contributed by atoms with Crippen LogP contribution < -0.4 is 5.32 Å². The van der Waals surface area contributed by atoms with Crippen LogP contribution in [0.15, 0.2) is 18.2 Å². The van der Waals surface area contributed by atoms with Gasteiger partial charge in [-0.1, -0.05) is 40.0 Å². The van der Waals surface area contributed by atoms with Crippen molar-refractivity contribution in [2.75, 3.05) is 0 Å². The molecule has 0 bridgehead atoms. The van der Waals surface area contributed by atoms with Gasteiger partial charge < -0.3 is 10.3 Å². The normalized spacial score (nSPS) is 18.4. The lowest BCUT2D eigenvalue weighted by Gasteiger charge is -2.28. The van der Waals surface area contributed by atoms with E-state index in [1.165, 1.54) is 12.5 Å². The van der Waals surface area contributed by atoms with Crippen LogP contribution in [0.5, 0.6) is 0 Å². The van der Waals surface area contributed by atoms with Crippen molar-refractivity contribution in [2.24, 2.45) is 0 Å². The number of carbonyl (C=O) groups is 1. The van der Waals surface area contributed by atoms with E-state index in [0.29, 0.717) is 29.0 Å². The molecule has 0 radical (unpaired) electrons. The average molecular weight is 478 g/mol. The fraction of sp³-hybridized carbons (Fsp3) is 0.560. The summed E-state index contributed by atoms with van der Waals surface area (Å²) in [4.78, 5) is 20.4. The Bertz CT molecular complexity index is 1100. The molecule has 4 rings (SSSR count). The summed E-state index contributed by atoms with van der Waals surface area (Å²) in [7, 11) is 0. The molecule has 1 fully saturated rings. The van der Waals surface area contributed by atoms with E-state index in [1.54, 1.807) is 0 Å². The Morgan fingerprint density at radius 1 is 1.21 bits per heavy atom. The molecule has 3 N–H and O–H groups in total. The highest BCUT2D eigenvalue weighted by molar-refractivity contribution is 5.94. The second-order valence-electron chi connectivity index (χ2n) is 9.02. The van der Waals surface area contributed by atoms with Gasteiger partial charge in [0.2, 0.25) is 0 Å². The lowest BCUT2D eigenvalue weighted by atomic mass is 9.85. The number of nitrogens with zero attached hydrogens (tertiary/aromatic N) is 2. The number of rotatable bonds is 5. The number of imidazole rings is 1. The second-order valence-corrected chi connectivity index (χ2v) is 9.02. The predicted octanol–water partition coefficient (Wildman–Crippen LogP) is 6.44. The molecule has 2 atom stereocenters. The van der Waals surface area contributed by atoms with E-state index in [2.05, 4.69) is 46.3 Å². The summed E-state index contributed by atoms with van der Waals surface area (Å²) in [5, 5.41) is 10.2. The third kappa shape index (κ3) is 5.98. The second kappa shape index (κ2) is 11.1. The van der Waals surface area contributed by atoms with Crippen molar-refractivity contribution in [1.82, 2.24) is 25.5 Å². The van der Waals surface area contributed by atoms with Gasteiger partial charge in [0, 0.05) is 23.2 Å². The molecule has 2 aromatic heterocycles. The minimum Gasteiger partial charge on any atom is -0.348 e. The molecule has 0 spiro atoms. The molecular weight excluding hydrogens is 443 g/mol. The van der Waals surface area contributed by atoms with Crippen LogP contribution in [-0.4, -0.2) is 32.1 Å². The van der Waals surface area contributed by atoms with Gasteiger partial charge in [0.15, 0.2) is 5.69 Å². The summed E-state index contributed by atoms with van der Waals surface area (Å²) in [5.74, 6) is 0.547. The summed E-state index contributed by atoms with van der Waals surface area (Å²) in [6.45, 7) is 8.22. The van der Waals surface area contributed by atoms with Crippen molar-refractivity contribution < 1.29 is 18.0 Å². The van der Waals surface area contributed by atoms with Crippen LogP contribution in [0, 0.1) is 6.92 Å². The van der Waals surface area contributed by atoms with E-state index in [4.69, 9.17) is 0 Å². The van der Waals surface area contributed by atoms with Crippen LogP contribution in [0.1, 0.15) is 98.3 Å². The first kappa shape index (κ1) is 25.8. The molecule has 0 saturated heterocycles. The number of carbonyl (C=O) groups excluding carboxylic acids is 1. The largest absolute Gasteiger partial charge is 0.416 e. The van der Waals surface area contributed by atoms with Crippen molar-refractivity contribution in [3.63, 3.8) is 0 Å². The lowest BCUT2D eigenvalue weighted by molar-refractivity contribution is -0.137. The minimum atomic E-state index is -4.39. The van der Waals surface area contributed by atoms with Gasteiger partial charge in [-0.05, 0) is 50.8 Å². The molecule has 1 aliphatic carbocycles. The number of nitrogens with one attached hydrogen (secondary N) is 3. The molecule has 0 aliphatic heterocycles. The number of aromatic nitrogens is 4. The Morgan fingerprint density at radius 2 is 1.94 bits per heavy atom. The zero-order valence-corrected chi connectivity index (χ0v) is 20.3. The van der Waals surface area contributed by atoms with Gasteiger partial charge in [-0.2, -0.15) is 18.3 Å². The standard InChI is InChI=1S/C22H26F3N5O.C3H8/c1-3-5-16-12(2)29-30-19(16)21(31)26-15-7-4-6-13(10-15)20-27-17-9-8-14(22(23,24)25)11-18(17)28-20;1-3-2/h8-9,11,13,15H,3-7,10H2,1-2H3,(H,26,31)(H,27,28)(H,29,30);3H2,1-2H3. The van der Waals surface area contributed by atoms with Crippen molar-refractivity contribution in [2.45, 2.75) is 90.8 Å². The molecule has 186 valence electrons. The summed E-state index contributed by atoms with van der Waals surface area (Å²) >= 11 is 0. The number of halogens is 3. The molecule has 6 nitrogen and oxygen atoms in total. The average Bonchev–Trinajstić information content (AvgIpc) is 3.37. The molecule has 1 aliphatic rings.